The minimum atomic E-state index is -2.97. The third kappa shape index (κ3) is 5.91. The van der Waals surface area contributed by atoms with Gasteiger partial charge in [0.25, 0.3) is 5.56 Å². The number of hydrogen-bond donors (Lipinski definition) is 3. The highest BCUT2D eigenvalue weighted by molar-refractivity contribution is 7.32. The molecule has 0 bridgehead atoms. The van der Waals surface area contributed by atoms with Gasteiger partial charge in [-0.25, -0.2) is 4.98 Å². The monoisotopic (exact) mass is 632 g/mol. The van der Waals surface area contributed by atoms with Gasteiger partial charge in [-0.05, 0) is 41.0 Å². The van der Waals surface area contributed by atoms with Crippen LogP contribution in [0.3, 0.4) is 0 Å². The van der Waals surface area contributed by atoms with Crippen LogP contribution in [0.2, 0.25) is 0 Å². The fourth-order valence-corrected chi connectivity index (χ4v) is 6.14. The fourth-order valence-electron chi connectivity index (χ4n) is 5.68. The number of fused-ring (bicyclic) bond motifs is 1. The van der Waals surface area contributed by atoms with Gasteiger partial charge in [0.15, 0.2) is 11.2 Å². The number of hydrogen-bond acceptors (Lipinski definition) is 10. The number of rotatable bonds is 11. The van der Waals surface area contributed by atoms with Crippen molar-refractivity contribution in [1.82, 2.24) is 19.5 Å². The van der Waals surface area contributed by atoms with E-state index < -0.39 is 37.9 Å². The largest absolute Gasteiger partial charge is 0.695 e. The van der Waals surface area contributed by atoms with E-state index in [1.54, 1.807) is 18.8 Å². The number of nitrogens with zero attached hydrogens (tertiary/aromatic N) is 3. The maximum Gasteiger partial charge on any atom is 0.695 e. The van der Waals surface area contributed by atoms with Gasteiger partial charge in [0, 0.05) is 11.0 Å². The molecule has 232 valence electrons. The van der Waals surface area contributed by atoms with Gasteiger partial charge in [-0.3, -0.25) is 14.3 Å². The average Bonchev–Trinajstić information content (AvgIpc) is 3.66. The summed E-state index contributed by atoms with van der Waals surface area (Å²) in [5.41, 5.74) is 6.88. The molecule has 13 nitrogen and oxygen atoms in total. The average molecular weight is 633 g/mol. The summed E-state index contributed by atoms with van der Waals surface area (Å²) in [7, 11) is 0.230. The summed E-state index contributed by atoms with van der Waals surface area (Å²) >= 11 is 0. The SMILES string of the molecule is COc1ccc(C(OC[C@H]2O[C@@H](n3cnc4c(=O)[nH]c(N)nc43)C[C@@H]2O[P+](=O)O)(c2ccccc2)c2ccc(OC)cc2)cc1. The Kier molecular flexibility index (Phi) is 8.61. The lowest BCUT2D eigenvalue weighted by Gasteiger charge is -2.37. The quantitative estimate of drug-likeness (QED) is 0.142. The van der Waals surface area contributed by atoms with E-state index in [1.165, 1.54) is 6.33 Å². The van der Waals surface area contributed by atoms with Crippen LogP contribution >= 0.6 is 8.25 Å². The summed E-state index contributed by atoms with van der Waals surface area (Å²) in [4.78, 5) is 32.9. The molecule has 0 spiro atoms. The summed E-state index contributed by atoms with van der Waals surface area (Å²) in [5, 5.41) is 0. The Morgan fingerprint density at radius 2 is 1.60 bits per heavy atom. The predicted molar refractivity (Wildman–Crippen MR) is 164 cm³/mol. The summed E-state index contributed by atoms with van der Waals surface area (Å²) in [5.74, 6) is 1.28. The molecule has 0 amide bonds. The van der Waals surface area contributed by atoms with Crippen molar-refractivity contribution in [3.63, 3.8) is 0 Å². The summed E-state index contributed by atoms with van der Waals surface area (Å²) in [6.45, 7) is -0.0555. The molecule has 0 aliphatic carbocycles. The van der Waals surface area contributed by atoms with Crippen molar-refractivity contribution < 1.29 is 32.9 Å². The lowest BCUT2D eigenvalue weighted by molar-refractivity contribution is -0.0903. The zero-order valence-corrected chi connectivity index (χ0v) is 25.3. The number of nitrogen functional groups attached to an aromatic ring is 1. The Bertz CT molecular complexity index is 1800. The van der Waals surface area contributed by atoms with Gasteiger partial charge in [0.2, 0.25) is 5.95 Å². The third-order valence-electron chi connectivity index (χ3n) is 7.80. The maximum absolute atomic E-state index is 12.4. The smallest absolute Gasteiger partial charge is 0.497 e. The van der Waals surface area contributed by atoms with Gasteiger partial charge in [-0.2, -0.15) is 4.98 Å². The van der Waals surface area contributed by atoms with E-state index in [4.69, 9.17) is 29.2 Å². The number of anilines is 1. The Labute approximate surface area is 258 Å². The lowest BCUT2D eigenvalue weighted by Crippen LogP contribution is -2.38. The van der Waals surface area contributed by atoms with E-state index in [1.807, 2.05) is 78.9 Å². The number of nitrogens with one attached hydrogen (secondary N) is 1. The summed E-state index contributed by atoms with van der Waals surface area (Å²) in [6.07, 6.45) is -0.832. The van der Waals surface area contributed by atoms with Gasteiger partial charge in [-0.15, -0.1) is 9.42 Å². The highest BCUT2D eigenvalue weighted by atomic mass is 31.1. The van der Waals surface area contributed by atoms with Crippen LogP contribution in [-0.2, 0) is 24.2 Å². The molecule has 3 aromatic carbocycles. The standard InChI is InChI=1S/C31H30N5O8P/c1-40-22-12-8-20(9-13-22)31(19-6-4-3-5-7-19,21-10-14-23(41-2)15-11-21)42-17-25-24(44-45(38)39)16-26(43-25)36-18-33-27-28(36)34-30(32)35-29(27)37/h3-15,18,24-26H,16-17H2,1-2H3,(H3-,32,34,35,37,38,39)/p+1/t24-,25+,26+/m0/s1. The molecular weight excluding hydrogens is 601 g/mol. The zero-order valence-electron chi connectivity index (χ0n) is 24.4. The second-order valence-corrected chi connectivity index (χ2v) is 11.0. The molecule has 0 saturated carbocycles. The van der Waals surface area contributed by atoms with Crippen molar-refractivity contribution in [3.8, 4) is 11.5 Å². The van der Waals surface area contributed by atoms with Crippen LogP contribution in [0.15, 0.2) is 90.0 Å². The first-order chi connectivity index (χ1) is 21.8. The highest BCUT2D eigenvalue weighted by Gasteiger charge is 2.46. The van der Waals surface area contributed by atoms with Crippen LogP contribution < -0.4 is 20.8 Å². The summed E-state index contributed by atoms with van der Waals surface area (Å²) < 4.78 is 43.1. The van der Waals surface area contributed by atoms with E-state index in [0.717, 1.165) is 16.7 Å². The first-order valence-corrected chi connectivity index (χ1v) is 15.1. The Morgan fingerprint density at radius 1 is 1.00 bits per heavy atom. The van der Waals surface area contributed by atoms with E-state index in [2.05, 4.69) is 15.0 Å². The third-order valence-corrected chi connectivity index (χ3v) is 8.26. The number of aromatic nitrogens is 4. The van der Waals surface area contributed by atoms with Crippen LogP contribution in [0.4, 0.5) is 5.95 Å². The molecule has 3 heterocycles. The molecule has 4 atom stereocenters. The Hall–Kier alpha value is -4.65. The van der Waals surface area contributed by atoms with Crippen LogP contribution in [0.1, 0.15) is 29.3 Å². The van der Waals surface area contributed by atoms with Crippen molar-refractivity contribution in [2.75, 3.05) is 26.6 Å². The Morgan fingerprint density at radius 3 is 2.18 bits per heavy atom. The van der Waals surface area contributed by atoms with Crippen molar-refractivity contribution in [2.24, 2.45) is 0 Å². The molecule has 1 fully saturated rings. The molecule has 1 aliphatic rings. The second kappa shape index (κ2) is 12.8. The maximum atomic E-state index is 12.4. The van der Waals surface area contributed by atoms with Crippen molar-refractivity contribution in [2.45, 2.75) is 30.5 Å². The molecule has 14 heteroatoms. The minimum Gasteiger partial charge on any atom is -0.497 e. The van der Waals surface area contributed by atoms with Crippen molar-refractivity contribution >= 4 is 25.4 Å². The number of imidazole rings is 1. The molecule has 2 aromatic heterocycles. The molecule has 6 rings (SSSR count). The Balaban J connectivity index is 1.41. The van der Waals surface area contributed by atoms with Crippen LogP contribution in [0, 0.1) is 0 Å². The van der Waals surface area contributed by atoms with E-state index in [-0.39, 0.29) is 30.1 Å². The van der Waals surface area contributed by atoms with Crippen molar-refractivity contribution in [3.05, 3.63) is 112 Å². The van der Waals surface area contributed by atoms with Crippen molar-refractivity contribution in [1.29, 1.82) is 0 Å². The number of methoxy groups -OCH3 is 2. The number of H-pyrrole nitrogens is 1. The van der Waals surface area contributed by atoms with Gasteiger partial charge in [0.05, 0.1) is 27.2 Å². The molecule has 1 saturated heterocycles. The molecule has 1 unspecified atom stereocenters. The van der Waals surface area contributed by atoms with E-state index >= 15 is 0 Å². The van der Waals surface area contributed by atoms with Crippen LogP contribution in [0.25, 0.3) is 11.2 Å². The van der Waals surface area contributed by atoms with Gasteiger partial charge < -0.3 is 24.7 Å². The molecule has 4 N–H and O–H groups in total. The first-order valence-electron chi connectivity index (χ1n) is 14.0. The highest BCUT2D eigenvalue weighted by Crippen LogP contribution is 2.43. The molecule has 1 aliphatic heterocycles. The van der Waals surface area contributed by atoms with Gasteiger partial charge in [-0.1, -0.05) is 54.6 Å². The van der Waals surface area contributed by atoms with E-state index in [9.17, 15) is 14.3 Å². The molecular formula is C31H31N5O8P+. The second-order valence-electron chi connectivity index (χ2n) is 10.3. The first kappa shape index (κ1) is 30.4. The van der Waals surface area contributed by atoms with Gasteiger partial charge in [0.1, 0.15) is 35.5 Å². The minimum absolute atomic E-state index is 0.0555. The fraction of sp³-hybridized carbons (Fsp3) is 0.258. The normalized spacial score (nSPS) is 18.6. The summed E-state index contributed by atoms with van der Waals surface area (Å²) in [6, 6.07) is 24.8. The van der Waals surface area contributed by atoms with Gasteiger partial charge >= 0.3 is 8.25 Å². The van der Waals surface area contributed by atoms with Crippen LogP contribution in [-0.4, -0.2) is 57.4 Å². The predicted octanol–water partition coefficient (Wildman–Crippen LogP) is 4.05. The lowest BCUT2D eigenvalue weighted by atomic mass is 9.80. The molecule has 0 radical (unpaired) electrons. The zero-order chi connectivity index (χ0) is 31.6. The number of aromatic amines is 1. The number of ether oxygens (including phenoxy) is 4. The number of nitrogens with two attached hydrogens (primary N) is 1. The van der Waals surface area contributed by atoms with Crippen LogP contribution in [0.5, 0.6) is 11.5 Å². The topological polar surface area (TPSA) is 173 Å². The van der Waals surface area contributed by atoms with E-state index in [0.29, 0.717) is 11.5 Å². The number of benzene rings is 3. The molecule has 45 heavy (non-hydrogen) atoms. The molecule has 5 aromatic rings.